The van der Waals surface area contributed by atoms with E-state index in [2.05, 4.69) is 108 Å². The molecule has 0 saturated heterocycles. The largest absolute Gasteiger partial charge is 0.355 e. The Morgan fingerprint density at radius 3 is 1.48 bits per heavy atom. The molecule has 27 heavy (non-hydrogen) atoms. The van der Waals surface area contributed by atoms with Crippen LogP contribution in [-0.4, -0.2) is 9.97 Å². The molecule has 2 heterocycles. The Morgan fingerprint density at radius 1 is 0.444 bits per heavy atom. The fourth-order valence-electron chi connectivity index (χ4n) is 3.82. The molecule has 0 aliphatic heterocycles. The van der Waals surface area contributed by atoms with Crippen molar-refractivity contribution in [1.29, 1.82) is 0 Å². The third kappa shape index (κ3) is 2.67. The molecule has 0 unspecified atom stereocenters. The average molecular weight is 348 g/mol. The maximum absolute atomic E-state index is 3.45. The lowest BCUT2D eigenvalue weighted by molar-refractivity contribution is 1.45. The first-order valence-corrected chi connectivity index (χ1v) is 9.23. The van der Waals surface area contributed by atoms with Gasteiger partial charge in [-0.15, -0.1) is 0 Å². The van der Waals surface area contributed by atoms with Crippen molar-refractivity contribution >= 4 is 43.6 Å². The van der Waals surface area contributed by atoms with E-state index in [1.165, 1.54) is 49.2 Å². The van der Waals surface area contributed by atoms with Crippen LogP contribution in [0.25, 0.3) is 43.6 Å². The summed E-state index contributed by atoms with van der Waals surface area (Å²) in [4.78, 5) is 6.82. The van der Waals surface area contributed by atoms with Gasteiger partial charge in [-0.25, -0.2) is 0 Å². The Bertz CT molecular complexity index is 1340. The Labute approximate surface area is 157 Å². The number of aromatic amines is 2. The molecule has 2 heteroatoms. The molecule has 0 amide bonds. The van der Waals surface area contributed by atoms with E-state index in [4.69, 9.17) is 0 Å². The zero-order chi connectivity index (χ0) is 18.2. The Balaban J connectivity index is 0.000000119. The first kappa shape index (κ1) is 15.7. The van der Waals surface area contributed by atoms with Crippen LogP contribution in [0, 0.1) is 6.92 Å². The number of fused-ring (bicyclic) bond motifs is 6. The molecule has 0 spiro atoms. The lowest BCUT2D eigenvalue weighted by Gasteiger charge is -1.93. The number of aryl methyl sites for hydroxylation is 1. The van der Waals surface area contributed by atoms with Crippen LogP contribution in [0.1, 0.15) is 5.56 Å². The Hall–Kier alpha value is -3.52. The zero-order valence-electron chi connectivity index (χ0n) is 15.2. The molecule has 0 fully saturated rings. The highest BCUT2D eigenvalue weighted by atomic mass is 14.7. The number of rotatable bonds is 0. The Kier molecular flexibility index (Phi) is 3.68. The summed E-state index contributed by atoms with van der Waals surface area (Å²) >= 11 is 0. The molecule has 130 valence electrons. The van der Waals surface area contributed by atoms with Crippen LogP contribution in [0.5, 0.6) is 0 Å². The molecule has 6 aromatic rings. The van der Waals surface area contributed by atoms with Crippen LogP contribution in [-0.2, 0) is 0 Å². The van der Waals surface area contributed by atoms with E-state index in [9.17, 15) is 0 Å². The van der Waals surface area contributed by atoms with Crippen molar-refractivity contribution < 1.29 is 0 Å². The highest BCUT2D eigenvalue weighted by Gasteiger charge is 2.03. The van der Waals surface area contributed by atoms with Gasteiger partial charge in [0.25, 0.3) is 0 Å². The molecule has 2 nitrogen and oxygen atoms in total. The fraction of sp³-hybridized carbons (Fsp3) is 0.0400. The van der Waals surface area contributed by atoms with Crippen molar-refractivity contribution in [3.05, 3.63) is 96.6 Å². The smallest absolute Gasteiger partial charge is 0.0494 e. The number of aromatic nitrogens is 2. The van der Waals surface area contributed by atoms with Crippen molar-refractivity contribution in [3.63, 3.8) is 0 Å². The third-order valence-corrected chi connectivity index (χ3v) is 5.16. The summed E-state index contributed by atoms with van der Waals surface area (Å²) in [6.45, 7) is 2.14. The summed E-state index contributed by atoms with van der Waals surface area (Å²) in [7, 11) is 0. The highest BCUT2D eigenvalue weighted by Crippen LogP contribution is 2.27. The van der Waals surface area contributed by atoms with Gasteiger partial charge in [0.1, 0.15) is 0 Å². The van der Waals surface area contributed by atoms with Gasteiger partial charge < -0.3 is 9.97 Å². The molecule has 4 aromatic carbocycles. The standard InChI is InChI=1S/C13H11N.C12H9N/c1-9-5-4-7-11-10-6-2-3-8-12(10)14-13(9)11;1-3-7-11-9(5-1)10-6-2-4-8-12(10)13-11/h2-8,14H,1H3;1-8,13H. The van der Waals surface area contributed by atoms with Crippen molar-refractivity contribution in [1.82, 2.24) is 9.97 Å². The topological polar surface area (TPSA) is 31.6 Å². The SMILES string of the molecule is Cc1cccc2c1[nH]c1ccccc12.c1ccc2c(c1)[nH]c1ccccc12. The summed E-state index contributed by atoms with van der Waals surface area (Å²) < 4.78 is 0. The number of hydrogen-bond acceptors (Lipinski definition) is 0. The van der Waals surface area contributed by atoms with Crippen LogP contribution in [0.3, 0.4) is 0 Å². The average Bonchev–Trinajstić information content (AvgIpc) is 3.28. The monoisotopic (exact) mass is 348 g/mol. The molecule has 0 bridgehead atoms. The van der Waals surface area contributed by atoms with Crippen LogP contribution in [0.4, 0.5) is 0 Å². The zero-order valence-corrected chi connectivity index (χ0v) is 15.2. The summed E-state index contributed by atoms with van der Waals surface area (Å²) in [6.07, 6.45) is 0. The Morgan fingerprint density at radius 2 is 0.889 bits per heavy atom. The van der Waals surface area contributed by atoms with E-state index in [-0.39, 0.29) is 0 Å². The van der Waals surface area contributed by atoms with Gasteiger partial charge in [0.2, 0.25) is 0 Å². The first-order valence-electron chi connectivity index (χ1n) is 9.23. The van der Waals surface area contributed by atoms with Crippen molar-refractivity contribution in [2.45, 2.75) is 6.92 Å². The molecule has 2 N–H and O–H groups in total. The molecule has 0 aliphatic carbocycles. The van der Waals surface area contributed by atoms with Crippen LogP contribution in [0.2, 0.25) is 0 Å². The fourth-order valence-corrected chi connectivity index (χ4v) is 3.82. The van der Waals surface area contributed by atoms with Gasteiger partial charge in [0.05, 0.1) is 0 Å². The van der Waals surface area contributed by atoms with Crippen LogP contribution >= 0.6 is 0 Å². The lowest BCUT2D eigenvalue weighted by Crippen LogP contribution is -1.73. The first-order chi connectivity index (χ1) is 13.3. The summed E-state index contributed by atoms with van der Waals surface area (Å²) in [5.41, 5.74) is 6.21. The second kappa shape index (κ2) is 6.33. The number of benzene rings is 4. The lowest BCUT2D eigenvalue weighted by atomic mass is 10.1. The normalized spacial score (nSPS) is 11.1. The van der Waals surface area contributed by atoms with Crippen LogP contribution < -0.4 is 0 Å². The van der Waals surface area contributed by atoms with E-state index in [1.807, 2.05) is 0 Å². The van der Waals surface area contributed by atoms with Gasteiger partial charge in [-0.2, -0.15) is 0 Å². The molecule has 0 radical (unpaired) electrons. The minimum absolute atomic E-state index is 1.21. The van der Waals surface area contributed by atoms with Crippen molar-refractivity contribution in [2.24, 2.45) is 0 Å². The number of nitrogens with one attached hydrogen (secondary N) is 2. The predicted octanol–water partition coefficient (Wildman–Crippen LogP) is 6.95. The quantitative estimate of drug-likeness (QED) is 0.298. The van der Waals surface area contributed by atoms with Gasteiger partial charge in [0.15, 0.2) is 0 Å². The van der Waals surface area contributed by atoms with Crippen molar-refractivity contribution in [3.8, 4) is 0 Å². The van der Waals surface area contributed by atoms with E-state index in [1.54, 1.807) is 0 Å². The minimum atomic E-state index is 1.21. The molecule has 6 rings (SSSR count). The second-order valence-electron chi connectivity index (χ2n) is 6.88. The summed E-state index contributed by atoms with van der Waals surface area (Å²) in [5.74, 6) is 0. The van der Waals surface area contributed by atoms with E-state index >= 15 is 0 Å². The molecule has 0 aliphatic rings. The second-order valence-corrected chi connectivity index (χ2v) is 6.88. The molecule has 0 saturated carbocycles. The van der Waals surface area contributed by atoms with E-state index in [0.717, 1.165) is 0 Å². The summed E-state index contributed by atoms with van der Waals surface area (Å²) in [6, 6.07) is 31.6. The van der Waals surface area contributed by atoms with Gasteiger partial charge in [-0.05, 0) is 30.7 Å². The van der Waals surface area contributed by atoms with Gasteiger partial charge in [-0.3, -0.25) is 0 Å². The van der Waals surface area contributed by atoms with Gasteiger partial charge in [-0.1, -0.05) is 72.8 Å². The molecular weight excluding hydrogens is 328 g/mol. The number of para-hydroxylation sites is 4. The van der Waals surface area contributed by atoms with Crippen molar-refractivity contribution in [2.75, 3.05) is 0 Å². The maximum Gasteiger partial charge on any atom is 0.0494 e. The molecule has 2 aromatic heterocycles. The number of H-pyrrole nitrogens is 2. The van der Waals surface area contributed by atoms with E-state index < -0.39 is 0 Å². The van der Waals surface area contributed by atoms with Gasteiger partial charge >= 0.3 is 0 Å². The third-order valence-electron chi connectivity index (χ3n) is 5.16. The molecule has 0 atom stereocenters. The summed E-state index contributed by atoms with van der Waals surface area (Å²) in [5, 5.41) is 5.24. The number of hydrogen-bond donors (Lipinski definition) is 2. The van der Waals surface area contributed by atoms with Crippen LogP contribution in [0.15, 0.2) is 91.0 Å². The van der Waals surface area contributed by atoms with Gasteiger partial charge in [0, 0.05) is 43.6 Å². The highest BCUT2D eigenvalue weighted by molar-refractivity contribution is 6.08. The predicted molar refractivity (Wildman–Crippen MR) is 116 cm³/mol. The minimum Gasteiger partial charge on any atom is -0.355 e. The molecular formula is C25H20N2. The maximum atomic E-state index is 3.45. The van der Waals surface area contributed by atoms with E-state index in [0.29, 0.717) is 0 Å².